The number of nitriles is 1. The summed E-state index contributed by atoms with van der Waals surface area (Å²) < 4.78 is 11.0. The molecule has 0 aliphatic rings. The Morgan fingerprint density at radius 1 is 1.17 bits per heavy atom. The fraction of sp³-hybridized carbons (Fsp3) is 0.0526. The van der Waals surface area contributed by atoms with Gasteiger partial charge in [0.2, 0.25) is 0 Å². The Kier molecular flexibility index (Phi) is 6.47. The average molecular weight is 467 g/mol. The Hall–Kier alpha value is -3.25. The van der Waals surface area contributed by atoms with E-state index in [0.29, 0.717) is 10.8 Å². The number of benzene rings is 2. The van der Waals surface area contributed by atoms with Gasteiger partial charge in [0.15, 0.2) is 11.5 Å². The highest BCUT2D eigenvalue weighted by atomic mass is 35.5. The molecule has 0 unspecified atom stereocenters. The molecule has 0 fully saturated rings. The summed E-state index contributed by atoms with van der Waals surface area (Å²) in [6, 6.07) is 11.2. The van der Waals surface area contributed by atoms with E-state index in [1.54, 1.807) is 6.07 Å². The van der Waals surface area contributed by atoms with Gasteiger partial charge in [-0.2, -0.15) is 5.26 Å². The van der Waals surface area contributed by atoms with Crippen LogP contribution in [-0.4, -0.2) is 10.8 Å². The second-order valence-electron chi connectivity index (χ2n) is 5.81. The highest BCUT2D eigenvalue weighted by Crippen LogP contribution is 2.36. The van der Waals surface area contributed by atoms with Gasteiger partial charge in [-0.3, -0.25) is 14.9 Å². The molecular weight excluding hydrogens is 457 g/mol. The second-order valence-corrected chi connectivity index (χ2v) is 7.06. The smallest absolute Gasteiger partial charge is 0.291 e. The Morgan fingerprint density at radius 2 is 1.87 bits per heavy atom. The van der Waals surface area contributed by atoms with Gasteiger partial charge in [0.1, 0.15) is 18.4 Å². The zero-order valence-corrected chi connectivity index (χ0v) is 17.1. The van der Waals surface area contributed by atoms with Gasteiger partial charge in [0.05, 0.1) is 26.2 Å². The number of nitro benzene ring substituents is 1. The topological polar surface area (TPSA) is 118 Å². The number of hydrogen-bond donors (Lipinski definition) is 1. The van der Waals surface area contributed by atoms with Crippen LogP contribution in [-0.2, 0) is 6.61 Å². The first-order valence-electron chi connectivity index (χ1n) is 8.14. The van der Waals surface area contributed by atoms with E-state index in [4.69, 9.17) is 49.2 Å². The number of ether oxygens (including phenoxy) is 1. The van der Waals surface area contributed by atoms with Crippen molar-refractivity contribution in [1.82, 2.24) is 0 Å². The number of non-ortho nitro benzene ring substituents is 1. The van der Waals surface area contributed by atoms with Gasteiger partial charge >= 0.3 is 0 Å². The lowest BCUT2D eigenvalue weighted by molar-refractivity contribution is -0.384. The third kappa shape index (κ3) is 4.83. The number of carbonyl (C=O) groups is 1. The minimum atomic E-state index is -0.644. The van der Waals surface area contributed by atoms with Crippen LogP contribution in [0.1, 0.15) is 21.9 Å². The van der Waals surface area contributed by atoms with E-state index in [2.05, 4.69) is 5.32 Å². The molecule has 3 rings (SSSR count). The number of carbonyl (C=O) groups excluding carboxylic acids is 1. The molecule has 1 aromatic heterocycles. The van der Waals surface area contributed by atoms with Crippen molar-refractivity contribution in [3.05, 3.63) is 84.7 Å². The Bertz CT molecular complexity index is 1160. The predicted molar refractivity (Wildman–Crippen MR) is 110 cm³/mol. The van der Waals surface area contributed by atoms with Gasteiger partial charge in [-0.25, -0.2) is 0 Å². The summed E-state index contributed by atoms with van der Waals surface area (Å²) in [6.07, 6.45) is 0. The lowest BCUT2D eigenvalue weighted by Crippen LogP contribution is -2.12. The molecule has 0 saturated heterocycles. The minimum Gasteiger partial charge on any atom is -0.483 e. The number of furan rings is 1. The monoisotopic (exact) mass is 465 g/mol. The number of nitrogens with zero attached hydrogens (tertiary/aromatic N) is 2. The number of nitrogens with one attached hydrogen (secondary N) is 1. The van der Waals surface area contributed by atoms with Crippen molar-refractivity contribution in [2.24, 2.45) is 0 Å². The molecule has 1 heterocycles. The third-order valence-corrected chi connectivity index (χ3v) is 4.57. The molecule has 0 atom stereocenters. The third-order valence-electron chi connectivity index (χ3n) is 3.79. The van der Waals surface area contributed by atoms with Crippen LogP contribution < -0.4 is 10.1 Å². The van der Waals surface area contributed by atoms with Crippen LogP contribution in [0.3, 0.4) is 0 Å². The molecule has 8 nitrogen and oxygen atoms in total. The minimum absolute atomic E-state index is 0.0517. The van der Waals surface area contributed by atoms with Crippen LogP contribution >= 0.6 is 34.8 Å². The molecular formula is C19H10Cl3N3O5. The molecule has 11 heteroatoms. The van der Waals surface area contributed by atoms with Gasteiger partial charge < -0.3 is 14.5 Å². The number of anilines is 1. The average Bonchev–Trinajstić information content (AvgIpc) is 3.16. The van der Waals surface area contributed by atoms with E-state index in [9.17, 15) is 14.9 Å². The van der Waals surface area contributed by atoms with E-state index in [0.717, 1.165) is 6.07 Å². The summed E-state index contributed by atoms with van der Waals surface area (Å²) in [7, 11) is 0. The zero-order chi connectivity index (χ0) is 21.8. The van der Waals surface area contributed by atoms with Crippen molar-refractivity contribution < 1.29 is 18.9 Å². The summed E-state index contributed by atoms with van der Waals surface area (Å²) in [5, 5.41) is 23.2. The van der Waals surface area contributed by atoms with Crippen molar-refractivity contribution in [2.75, 3.05) is 5.32 Å². The summed E-state index contributed by atoms with van der Waals surface area (Å²) in [5.74, 6) is -0.167. The van der Waals surface area contributed by atoms with E-state index in [1.165, 1.54) is 36.4 Å². The molecule has 0 spiro atoms. The van der Waals surface area contributed by atoms with Crippen LogP contribution in [0.4, 0.5) is 11.4 Å². The van der Waals surface area contributed by atoms with Crippen molar-refractivity contribution in [3.8, 4) is 11.8 Å². The molecule has 2 aromatic carbocycles. The van der Waals surface area contributed by atoms with Crippen LogP contribution in [0, 0.1) is 21.4 Å². The first-order chi connectivity index (χ1) is 14.3. The predicted octanol–water partition coefficient (Wildman–Crippen LogP) is 5.85. The van der Waals surface area contributed by atoms with Gasteiger partial charge in [0, 0.05) is 17.2 Å². The molecule has 3 aromatic rings. The van der Waals surface area contributed by atoms with Crippen molar-refractivity contribution in [3.63, 3.8) is 0 Å². The first kappa shape index (κ1) is 21.5. The number of nitro groups is 1. The summed E-state index contributed by atoms with van der Waals surface area (Å²) in [4.78, 5) is 22.6. The first-order valence-corrected chi connectivity index (χ1v) is 9.28. The number of hydrogen-bond acceptors (Lipinski definition) is 6. The Balaban J connectivity index is 1.70. The fourth-order valence-corrected chi connectivity index (χ4v) is 3.34. The number of rotatable bonds is 6. The van der Waals surface area contributed by atoms with Gasteiger partial charge in [-0.1, -0.05) is 34.8 Å². The quantitative estimate of drug-likeness (QED) is 0.359. The highest BCUT2D eigenvalue weighted by molar-refractivity contribution is 6.40. The van der Waals surface area contributed by atoms with Crippen molar-refractivity contribution >= 4 is 52.1 Å². The maximum atomic E-state index is 12.4. The van der Waals surface area contributed by atoms with Crippen molar-refractivity contribution in [1.29, 1.82) is 5.26 Å². The lowest BCUT2D eigenvalue weighted by atomic mass is 10.1. The molecule has 152 valence electrons. The number of amides is 1. The van der Waals surface area contributed by atoms with Gasteiger partial charge in [-0.05, 0) is 30.3 Å². The van der Waals surface area contributed by atoms with Crippen LogP contribution in [0.2, 0.25) is 15.1 Å². The zero-order valence-electron chi connectivity index (χ0n) is 14.8. The van der Waals surface area contributed by atoms with E-state index in [1.807, 2.05) is 0 Å². The highest BCUT2D eigenvalue weighted by Gasteiger charge is 2.17. The van der Waals surface area contributed by atoms with E-state index < -0.39 is 10.8 Å². The van der Waals surface area contributed by atoms with Crippen molar-refractivity contribution in [2.45, 2.75) is 6.61 Å². The number of halogens is 3. The van der Waals surface area contributed by atoms with Crippen LogP contribution in [0.5, 0.6) is 5.75 Å². The molecule has 0 aliphatic heterocycles. The summed E-state index contributed by atoms with van der Waals surface area (Å²) in [6.45, 7) is -0.0602. The molecule has 1 amide bonds. The van der Waals surface area contributed by atoms with E-state index in [-0.39, 0.29) is 45.1 Å². The van der Waals surface area contributed by atoms with Gasteiger partial charge in [-0.15, -0.1) is 0 Å². The molecule has 1 N–H and O–H groups in total. The normalized spacial score (nSPS) is 10.3. The largest absolute Gasteiger partial charge is 0.483 e. The lowest BCUT2D eigenvalue weighted by Gasteiger charge is -2.09. The second kappa shape index (κ2) is 9.05. The van der Waals surface area contributed by atoms with E-state index >= 15 is 0 Å². The molecule has 0 saturated carbocycles. The Labute approximate surface area is 184 Å². The maximum absolute atomic E-state index is 12.4. The standard InChI is InChI=1S/C19H10Cl3N3O5/c20-11-6-14(21)18(15(22)7-11)29-9-13-2-4-17(30-13)19(26)24-16-3-1-12(25(27)28)5-10(16)8-23/h1-7H,9H2,(H,24,26). The fourth-order valence-electron chi connectivity index (χ4n) is 2.42. The summed E-state index contributed by atoms with van der Waals surface area (Å²) in [5.41, 5.74) is -0.205. The SMILES string of the molecule is N#Cc1cc([N+](=O)[O-])ccc1NC(=O)c1ccc(COc2c(Cl)cc(Cl)cc2Cl)o1. The maximum Gasteiger partial charge on any atom is 0.291 e. The molecule has 30 heavy (non-hydrogen) atoms. The Morgan fingerprint density at radius 3 is 2.50 bits per heavy atom. The molecule has 0 radical (unpaired) electrons. The molecule has 0 aliphatic carbocycles. The van der Waals surface area contributed by atoms with Crippen LogP contribution in [0.25, 0.3) is 0 Å². The van der Waals surface area contributed by atoms with Gasteiger partial charge in [0.25, 0.3) is 11.6 Å². The summed E-state index contributed by atoms with van der Waals surface area (Å²) >= 11 is 17.9. The van der Waals surface area contributed by atoms with Crippen LogP contribution in [0.15, 0.2) is 46.9 Å². The molecule has 0 bridgehead atoms.